The number of amides is 1. The number of hydrogen-bond acceptors (Lipinski definition) is 5. The maximum absolute atomic E-state index is 15.1. The van der Waals surface area contributed by atoms with E-state index in [1.807, 2.05) is 4.90 Å². The molecule has 3 aliphatic heterocycles. The molecular weight excluding hydrogens is 418 g/mol. The normalized spacial score (nSPS) is 49.4. The third-order valence-corrected chi connectivity index (χ3v) is 9.00. The lowest BCUT2D eigenvalue weighted by Gasteiger charge is -2.59. The fourth-order valence-electron chi connectivity index (χ4n) is 7.57. The predicted molar refractivity (Wildman–Crippen MR) is 111 cm³/mol. The van der Waals surface area contributed by atoms with Gasteiger partial charge in [-0.05, 0) is 43.9 Å². The van der Waals surface area contributed by atoms with Crippen LogP contribution in [0.4, 0.5) is 8.78 Å². The molecule has 3 aliphatic carbocycles. The van der Waals surface area contributed by atoms with Crippen LogP contribution in [0.5, 0.6) is 0 Å². The first kappa shape index (κ1) is 21.0. The molecule has 6 nitrogen and oxygen atoms in total. The third-order valence-electron chi connectivity index (χ3n) is 9.00. The van der Waals surface area contributed by atoms with Crippen molar-refractivity contribution < 1.29 is 27.8 Å². The van der Waals surface area contributed by atoms with Gasteiger partial charge in [-0.1, -0.05) is 12.8 Å². The summed E-state index contributed by atoms with van der Waals surface area (Å²) in [6, 6.07) is -0.661. The number of ketones is 1. The molecule has 2 saturated heterocycles. The van der Waals surface area contributed by atoms with E-state index in [1.54, 1.807) is 20.3 Å². The van der Waals surface area contributed by atoms with Gasteiger partial charge in [0.15, 0.2) is 12.0 Å². The van der Waals surface area contributed by atoms with Crippen LogP contribution in [0.3, 0.4) is 0 Å². The first-order valence-corrected chi connectivity index (χ1v) is 12.2. The molecule has 5 fully saturated rings. The number of hydrogen-bond donors (Lipinski definition) is 0. The van der Waals surface area contributed by atoms with Crippen molar-refractivity contribution in [3.63, 3.8) is 0 Å². The fourth-order valence-corrected chi connectivity index (χ4v) is 7.57. The summed E-state index contributed by atoms with van der Waals surface area (Å²) in [5.74, 6) is -0.632. The number of halogens is 2. The number of carbonyl (C=O) groups is 2. The average Bonchev–Trinajstić information content (AvgIpc) is 3.14. The molecule has 0 bridgehead atoms. The molecule has 3 saturated carbocycles. The van der Waals surface area contributed by atoms with Crippen molar-refractivity contribution >= 4 is 11.7 Å². The SMILES string of the molecule is CN(C)C(=O)C1=CN2C3CC4OC5CCCCC5C4CC3OC3C(F)C(F)CC(C1=O)C32. The molecule has 1 amide bonds. The van der Waals surface area contributed by atoms with Gasteiger partial charge in [-0.25, -0.2) is 8.78 Å². The summed E-state index contributed by atoms with van der Waals surface area (Å²) in [6.45, 7) is 0. The summed E-state index contributed by atoms with van der Waals surface area (Å²) in [5.41, 5.74) is 0.0725. The molecule has 3 heterocycles. The van der Waals surface area contributed by atoms with E-state index in [1.165, 1.54) is 17.7 Å². The van der Waals surface area contributed by atoms with Crippen molar-refractivity contribution in [1.82, 2.24) is 9.80 Å². The molecule has 0 radical (unpaired) electrons. The molecular formula is C24H32F2N2O4. The molecule has 0 aromatic carbocycles. The Kier molecular flexibility index (Phi) is 4.92. The van der Waals surface area contributed by atoms with Crippen molar-refractivity contribution in [3.8, 4) is 0 Å². The van der Waals surface area contributed by atoms with Gasteiger partial charge < -0.3 is 19.3 Å². The van der Waals surface area contributed by atoms with Crippen molar-refractivity contribution in [2.45, 2.75) is 93.8 Å². The molecule has 8 heteroatoms. The zero-order valence-electron chi connectivity index (χ0n) is 18.7. The molecule has 0 aromatic heterocycles. The Balaban J connectivity index is 1.37. The molecule has 6 rings (SSSR count). The van der Waals surface area contributed by atoms with Gasteiger partial charge in [-0.15, -0.1) is 0 Å². The molecule has 0 N–H and O–H groups in total. The van der Waals surface area contributed by atoms with Crippen LogP contribution in [0.1, 0.15) is 44.9 Å². The number of morpholine rings is 1. The molecule has 0 spiro atoms. The number of alkyl halides is 2. The fraction of sp³-hybridized carbons (Fsp3) is 0.833. The second kappa shape index (κ2) is 7.49. The molecule has 6 aliphatic rings. The number of carbonyl (C=O) groups excluding carboxylic acids is 2. The van der Waals surface area contributed by atoms with Crippen LogP contribution in [0.25, 0.3) is 0 Å². The Labute approximate surface area is 187 Å². The van der Waals surface area contributed by atoms with Crippen LogP contribution in [-0.2, 0) is 19.1 Å². The third kappa shape index (κ3) is 2.94. The Morgan fingerprint density at radius 1 is 1.03 bits per heavy atom. The highest BCUT2D eigenvalue weighted by Crippen LogP contribution is 2.52. The second-order valence-corrected chi connectivity index (χ2v) is 10.9. The topological polar surface area (TPSA) is 59.1 Å². The second-order valence-electron chi connectivity index (χ2n) is 10.9. The first-order valence-electron chi connectivity index (χ1n) is 12.2. The van der Waals surface area contributed by atoms with Gasteiger partial charge in [0.05, 0.1) is 36.0 Å². The standard InChI is InChI=1S/C24H32F2N2O4/c1-27(2)24(30)14-10-28-16-9-18-12(11-5-3-4-6-17(11)31-18)8-19(16)32-23-20(26)15(25)7-13(21(23)28)22(14)29/h10-13,15-21,23H,3-9H2,1-2H3. The molecule has 176 valence electrons. The highest BCUT2D eigenvalue weighted by Gasteiger charge is 2.61. The van der Waals surface area contributed by atoms with Crippen molar-refractivity contribution in [2.75, 3.05) is 14.1 Å². The van der Waals surface area contributed by atoms with Gasteiger partial charge in [-0.3, -0.25) is 9.59 Å². The summed E-state index contributed by atoms with van der Waals surface area (Å²) >= 11 is 0. The molecule has 11 atom stereocenters. The van der Waals surface area contributed by atoms with Crippen molar-refractivity contribution in [3.05, 3.63) is 11.8 Å². The minimum absolute atomic E-state index is 0.0725. The van der Waals surface area contributed by atoms with E-state index in [2.05, 4.69) is 0 Å². The molecule has 32 heavy (non-hydrogen) atoms. The van der Waals surface area contributed by atoms with Crippen LogP contribution < -0.4 is 0 Å². The Hall–Kier alpha value is -1.54. The number of fused-ring (bicyclic) bond motifs is 5. The number of likely N-dealkylation sites (N-methyl/N-ethyl adjacent to an activating group) is 1. The van der Waals surface area contributed by atoms with E-state index in [9.17, 15) is 14.0 Å². The molecule has 11 unspecified atom stereocenters. The van der Waals surface area contributed by atoms with Gasteiger partial charge in [0.2, 0.25) is 0 Å². The summed E-state index contributed by atoms with van der Waals surface area (Å²) in [7, 11) is 3.20. The smallest absolute Gasteiger partial charge is 0.258 e. The number of Topliss-reactive ketones (excluding diaryl/α,β-unsaturated/α-hetero) is 1. The zero-order valence-corrected chi connectivity index (χ0v) is 18.7. The predicted octanol–water partition coefficient (Wildman–Crippen LogP) is 2.41. The highest BCUT2D eigenvalue weighted by molar-refractivity contribution is 6.20. The van der Waals surface area contributed by atoms with Crippen LogP contribution in [0.15, 0.2) is 11.8 Å². The summed E-state index contributed by atoms with van der Waals surface area (Å²) < 4.78 is 42.6. The van der Waals surface area contributed by atoms with Gasteiger partial charge in [0, 0.05) is 26.2 Å². The monoisotopic (exact) mass is 450 g/mol. The summed E-state index contributed by atoms with van der Waals surface area (Å²) in [5, 5.41) is 0. The summed E-state index contributed by atoms with van der Waals surface area (Å²) in [6.07, 6.45) is 3.28. The van der Waals surface area contributed by atoms with Crippen molar-refractivity contribution in [2.24, 2.45) is 17.8 Å². The van der Waals surface area contributed by atoms with Gasteiger partial charge in [-0.2, -0.15) is 0 Å². The lowest BCUT2D eigenvalue weighted by molar-refractivity contribution is -0.220. The number of ether oxygens (including phenoxy) is 2. The lowest BCUT2D eigenvalue weighted by Crippen LogP contribution is -2.71. The van der Waals surface area contributed by atoms with Crippen molar-refractivity contribution in [1.29, 1.82) is 0 Å². The maximum atomic E-state index is 15.1. The summed E-state index contributed by atoms with van der Waals surface area (Å²) in [4.78, 5) is 29.4. The van der Waals surface area contributed by atoms with E-state index >= 15 is 4.39 Å². The van der Waals surface area contributed by atoms with Crippen LogP contribution in [-0.4, -0.2) is 84.4 Å². The Bertz CT molecular complexity index is 850. The minimum atomic E-state index is -1.76. The number of rotatable bonds is 1. The van der Waals surface area contributed by atoms with Gasteiger partial charge in [0.1, 0.15) is 12.3 Å². The van der Waals surface area contributed by atoms with E-state index in [0.717, 1.165) is 25.7 Å². The average molecular weight is 451 g/mol. The highest BCUT2D eigenvalue weighted by atomic mass is 19.2. The first-order chi connectivity index (χ1) is 15.3. The van der Waals surface area contributed by atoms with Crippen LogP contribution >= 0.6 is 0 Å². The van der Waals surface area contributed by atoms with Gasteiger partial charge >= 0.3 is 0 Å². The largest absolute Gasteiger partial charge is 0.374 e. The zero-order chi connectivity index (χ0) is 22.3. The molecule has 0 aromatic rings. The van der Waals surface area contributed by atoms with E-state index in [4.69, 9.17) is 9.47 Å². The Morgan fingerprint density at radius 2 is 1.81 bits per heavy atom. The quantitative estimate of drug-likeness (QED) is 0.575. The van der Waals surface area contributed by atoms with E-state index in [0.29, 0.717) is 17.9 Å². The van der Waals surface area contributed by atoms with Gasteiger partial charge in [0.25, 0.3) is 5.91 Å². The van der Waals surface area contributed by atoms with E-state index < -0.39 is 30.4 Å². The van der Waals surface area contributed by atoms with E-state index in [-0.39, 0.29) is 41.9 Å². The maximum Gasteiger partial charge on any atom is 0.258 e. The minimum Gasteiger partial charge on any atom is -0.374 e. The number of nitrogens with zero attached hydrogens (tertiary/aromatic N) is 2. The van der Waals surface area contributed by atoms with Crippen LogP contribution in [0.2, 0.25) is 0 Å². The van der Waals surface area contributed by atoms with Crippen LogP contribution in [0, 0.1) is 17.8 Å². The lowest BCUT2D eigenvalue weighted by atomic mass is 9.67. The Morgan fingerprint density at radius 3 is 2.59 bits per heavy atom.